The molecule has 0 saturated carbocycles. The minimum absolute atomic E-state index is 0.0165. The van der Waals surface area contributed by atoms with Gasteiger partial charge in [-0.05, 0) is 38.5 Å². The maximum Gasteiger partial charge on any atom is 0.244 e. The number of aryl methyl sites for hydroxylation is 1. The first-order valence-electron chi connectivity index (χ1n) is 10.1. The summed E-state index contributed by atoms with van der Waals surface area (Å²) in [5, 5.41) is 2.95. The summed E-state index contributed by atoms with van der Waals surface area (Å²) in [6.45, 7) is 5.23. The van der Waals surface area contributed by atoms with Crippen LogP contribution in [0.3, 0.4) is 0 Å². The summed E-state index contributed by atoms with van der Waals surface area (Å²) in [5.41, 5.74) is 1.86. The second-order valence-corrected chi connectivity index (χ2v) is 10.7. The van der Waals surface area contributed by atoms with Crippen molar-refractivity contribution in [3.05, 3.63) is 62.6 Å². The Morgan fingerprint density at radius 1 is 1.03 bits per heavy atom. The summed E-state index contributed by atoms with van der Waals surface area (Å²) >= 11 is 18.3. The van der Waals surface area contributed by atoms with E-state index in [1.165, 1.54) is 17.0 Å². The number of rotatable bonds is 9. The smallest absolute Gasteiger partial charge is 0.244 e. The average Bonchev–Trinajstić information content (AvgIpc) is 2.73. The summed E-state index contributed by atoms with van der Waals surface area (Å²) in [4.78, 5) is 27.3. The molecular formula is C22H26Cl3N3O4S. The van der Waals surface area contributed by atoms with Gasteiger partial charge in [-0.25, -0.2) is 8.42 Å². The van der Waals surface area contributed by atoms with E-state index in [9.17, 15) is 18.0 Å². The van der Waals surface area contributed by atoms with Gasteiger partial charge in [0.15, 0.2) is 0 Å². The molecule has 7 nitrogen and oxygen atoms in total. The molecule has 0 aliphatic carbocycles. The highest BCUT2D eigenvalue weighted by atomic mass is 35.5. The van der Waals surface area contributed by atoms with Crippen LogP contribution in [-0.4, -0.2) is 50.5 Å². The molecule has 2 amide bonds. The molecule has 33 heavy (non-hydrogen) atoms. The van der Waals surface area contributed by atoms with E-state index in [1.807, 2.05) is 31.2 Å². The Balaban J connectivity index is 2.44. The van der Waals surface area contributed by atoms with E-state index in [-0.39, 0.29) is 33.2 Å². The van der Waals surface area contributed by atoms with E-state index >= 15 is 0 Å². The topological polar surface area (TPSA) is 86.8 Å². The number of hydrogen-bond donors (Lipinski definition) is 1. The van der Waals surface area contributed by atoms with Crippen LogP contribution >= 0.6 is 34.8 Å². The van der Waals surface area contributed by atoms with Crippen LogP contribution in [0.1, 0.15) is 25.0 Å². The van der Waals surface area contributed by atoms with Crippen molar-refractivity contribution < 1.29 is 18.0 Å². The van der Waals surface area contributed by atoms with E-state index in [2.05, 4.69) is 5.32 Å². The fourth-order valence-electron chi connectivity index (χ4n) is 3.09. The minimum atomic E-state index is -3.93. The number of nitrogens with one attached hydrogen (secondary N) is 1. The van der Waals surface area contributed by atoms with Gasteiger partial charge in [0.05, 0.1) is 27.0 Å². The third kappa shape index (κ3) is 7.24. The first-order valence-corrected chi connectivity index (χ1v) is 13.1. The highest BCUT2D eigenvalue weighted by Gasteiger charge is 2.31. The number of halogens is 3. The Kier molecular flexibility index (Phi) is 9.43. The van der Waals surface area contributed by atoms with E-state index in [0.29, 0.717) is 6.54 Å². The summed E-state index contributed by atoms with van der Waals surface area (Å²) in [7, 11) is -3.93. The molecule has 1 N–H and O–H groups in total. The Morgan fingerprint density at radius 2 is 1.61 bits per heavy atom. The Bertz CT molecular complexity index is 1120. The van der Waals surface area contributed by atoms with Crippen molar-refractivity contribution in [2.24, 2.45) is 0 Å². The third-order valence-corrected chi connectivity index (χ3v) is 7.08. The summed E-state index contributed by atoms with van der Waals surface area (Å²) in [6, 6.07) is 9.25. The second kappa shape index (κ2) is 11.4. The van der Waals surface area contributed by atoms with Crippen molar-refractivity contribution in [3.8, 4) is 0 Å². The lowest BCUT2D eigenvalue weighted by atomic mass is 10.1. The van der Waals surface area contributed by atoms with Gasteiger partial charge in [0, 0.05) is 13.1 Å². The van der Waals surface area contributed by atoms with Gasteiger partial charge in [0.25, 0.3) is 0 Å². The Labute approximate surface area is 209 Å². The maximum absolute atomic E-state index is 13.4. The summed E-state index contributed by atoms with van der Waals surface area (Å²) < 4.78 is 26.0. The van der Waals surface area contributed by atoms with E-state index in [0.717, 1.165) is 21.7 Å². The van der Waals surface area contributed by atoms with Gasteiger partial charge in [-0.2, -0.15) is 0 Å². The van der Waals surface area contributed by atoms with E-state index < -0.39 is 28.5 Å². The van der Waals surface area contributed by atoms with Crippen LogP contribution in [0.5, 0.6) is 0 Å². The first-order chi connectivity index (χ1) is 15.3. The lowest BCUT2D eigenvalue weighted by Gasteiger charge is -2.31. The molecule has 0 aliphatic rings. The zero-order valence-electron chi connectivity index (χ0n) is 18.7. The number of nitrogens with zero attached hydrogens (tertiary/aromatic N) is 2. The van der Waals surface area contributed by atoms with Crippen molar-refractivity contribution >= 4 is 62.3 Å². The van der Waals surface area contributed by atoms with Crippen molar-refractivity contribution in [1.29, 1.82) is 0 Å². The molecule has 180 valence electrons. The zero-order chi connectivity index (χ0) is 24.9. The van der Waals surface area contributed by atoms with Crippen molar-refractivity contribution in [2.45, 2.75) is 33.4 Å². The van der Waals surface area contributed by atoms with Gasteiger partial charge in [0.1, 0.15) is 12.6 Å². The van der Waals surface area contributed by atoms with Crippen molar-refractivity contribution in [2.75, 3.05) is 23.7 Å². The van der Waals surface area contributed by atoms with Crippen LogP contribution in [0.15, 0.2) is 36.4 Å². The Hall–Kier alpha value is -2.00. The van der Waals surface area contributed by atoms with Gasteiger partial charge in [-0.1, -0.05) is 64.6 Å². The van der Waals surface area contributed by atoms with Crippen LogP contribution in [-0.2, 0) is 26.2 Å². The van der Waals surface area contributed by atoms with Gasteiger partial charge >= 0.3 is 0 Å². The number of hydrogen-bond acceptors (Lipinski definition) is 4. The predicted octanol–water partition coefficient (Wildman–Crippen LogP) is 4.27. The van der Waals surface area contributed by atoms with Crippen LogP contribution < -0.4 is 9.62 Å². The standard InChI is InChI=1S/C22H26Cl3N3O4S/c1-5-26-22(30)15(3)27(12-16-8-6-14(2)7-9-16)21(29)13-28(33(4,31)32)20-11-18(24)17(23)10-19(20)25/h6-11,15H,5,12-13H2,1-4H3,(H,26,30)/t15-/m0/s1. The maximum atomic E-state index is 13.4. The molecule has 0 saturated heterocycles. The SMILES string of the molecule is CCNC(=O)[C@H](C)N(Cc1ccc(C)cc1)C(=O)CN(c1cc(Cl)c(Cl)cc1Cl)S(C)(=O)=O. The molecule has 0 spiro atoms. The third-order valence-electron chi connectivity index (χ3n) is 4.93. The molecule has 2 aromatic rings. The molecule has 0 heterocycles. The molecule has 0 aromatic heterocycles. The highest BCUT2D eigenvalue weighted by molar-refractivity contribution is 7.92. The fraction of sp³-hybridized carbons (Fsp3) is 0.364. The van der Waals surface area contributed by atoms with E-state index in [1.54, 1.807) is 13.8 Å². The summed E-state index contributed by atoms with van der Waals surface area (Å²) in [5.74, 6) is -0.932. The number of sulfonamides is 1. The van der Waals surface area contributed by atoms with Crippen molar-refractivity contribution in [3.63, 3.8) is 0 Å². The molecule has 0 radical (unpaired) electrons. The van der Waals surface area contributed by atoms with Crippen LogP contribution in [0.25, 0.3) is 0 Å². The number of carbonyl (C=O) groups is 2. The van der Waals surface area contributed by atoms with Crippen molar-refractivity contribution in [1.82, 2.24) is 10.2 Å². The molecule has 0 aliphatic heterocycles. The molecule has 2 aromatic carbocycles. The number of likely N-dealkylation sites (N-methyl/N-ethyl adjacent to an activating group) is 1. The normalized spacial score (nSPS) is 12.2. The Morgan fingerprint density at radius 3 is 2.15 bits per heavy atom. The van der Waals surface area contributed by atoms with Crippen LogP contribution in [0.2, 0.25) is 15.1 Å². The lowest BCUT2D eigenvalue weighted by molar-refractivity contribution is -0.139. The number of benzene rings is 2. The van der Waals surface area contributed by atoms with Gasteiger partial charge in [0.2, 0.25) is 21.8 Å². The minimum Gasteiger partial charge on any atom is -0.355 e. The molecular weight excluding hydrogens is 509 g/mol. The molecule has 0 fully saturated rings. The first kappa shape index (κ1) is 27.2. The monoisotopic (exact) mass is 533 g/mol. The lowest BCUT2D eigenvalue weighted by Crippen LogP contribution is -2.51. The number of anilines is 1. The predicted molar refractivity (Wildman–Crippen MR) is 134 cm³/mol. The number of amides is 2. The second-order valence-electron chi connectivity index (χ2n) is 7.57. The average molecular weight is 535 g/mol. The molecule has 0 unspecified atom stereocenters. The van der Waals surface area contributed by atoms with Gasteiger partial charge in [-0.3, -0.25) is 13.9 Å². The largest absolute Gasteiger partial charge is 0.355 e. The van der Waals surface area contributed by atoms with Crippen LogP contribution in [0, 0.1) is 6.92 Å². The fourth-order valence-corrected chi connectivity index (χ4v) is 4.64. The molecule has 2 rings (SSSR count). The zero-order valence-corrected chi connectivity index (χ0v) is 21.8. The van der Waals surface area contributed by atoms with Crippen LogP contribution in [0.4, 0.5) is 5.69 Å². The molecule has 11 heteroatoms. The van der Waals surface area contributed by atoms with E-state index in [4.69, 9.17) is 34.8 Å². The van der Waals surface area contributed by atoms with Gasteiger partial charge < -0.3 is 10.2 Å². The molecule has 1 atom stereocenters. The van der Waals surface area contributed by atoms with Gasteiger partial charge in [-0.15, -0.1) is 0 Å². The molecule has 0 bridgehead atoms. The quantitative estimate of drug-likeness (QED) is 0.487. The summed E-state index contributed by atoms with van der Waals surface area (Å²) in [6.07, 6.45) is 0.955. The highest BCUT2D eigenvalue weighted by Crippen LogP contribution is 2.35. The number of carbonyl (C=O) groups excluding carboxylic acids is 2.